The quantitative estimate of drug-likeness (QED) is 0.625. The van der Waals surface area contributed by atoms with Gasteiger partial charge in [0.2, 0.25) is 0 Å². The van der Waals surface area contributed by atoms with E-state index in [1.807, 2.05) is 24.3 Å². The Morgan fingerprint density at radius 1 is 1.00 bits per heavy atom. The average Bonchev–Trinajstić information content (AvgIpc) is 2.48. The molecule has 0 atom stereocenters. The Morgan fingerprint density at radius 3 is 2.25 bits per heavy atom. The number of nitrogens with one attached hydrogen (secondary N) is 1. The Hall–Kier alpha value is -2.24. The van der Waals surface area contributed by atoms with Crippen LogP contribution in [0.25, 0.3) is 0 Å². The van der Waals surface area contributed by atoms with Gasteiger partial charge in [-0.3, -0.25) is 10.1 Å². The second-order valence-corrected chi connectivity index (χ2v) is 4.45. The highest BCUT2D eigenvalue weighted by atomic mass is 16.6. The molecule has 2 rings (SSSR count). The topological polar surface area (TPSA) is 75.4 Å². The smallest absolute Gasteiger partial charge is 0.269 e. The molecule has 0 radical (unpaired) electrons. The lowest BCUT2D eigenvalue weighted by atomic mass is 10.1. The molecular formula is C15H16N2O3. The Kier molecular flexibility index (Phi) is 4.81. The maximum absolute atomic E-state index is 10.5. The molecular weight excluding hydrogens is 256 g/mol. The van der Waals surface area contributed by atoms with Crippen LogP contribution in [0.15, 0.2) is 48.5 Å². The summed E-state index contributed by atoms with van der Waals surface area (Å²) in [6, 6.07) is 14.2. The van der Waals surface area contributed by atoms with E-state index in [9.17, 15) is 15.2 Å². The van der Waals surface area contributed by atoms with E-state index in [0.717, 1.165) is 16.7 Å². The number of nitrogens with zero attached hydrogens (tertiary/aromatic N) is 1. The molecule has 2 N–H and O–H groups in total. The highest BCUT2D eigenvalue weighted by Gasteiger charge is 2.04. The van der Waals surface area contributed by atoms with Crippen LogP contribution in [0.1, 0.15) is 16.7 Å². The number of nitro benzene ring substituents is 1. The van der Waals surface area contributed by atoms with Gasteiger partial charge in [-0.05, 0) is 16.7 Å². The van der Waals surface area contributed by atoms with Crippen LogP contribution in [0.5, 0.6) is 0 Å². The predicted octanol–water partition coefficient (Wildman–Crippen LogP) is 2.38. The van der Waals surface area contributed by atoms with Crippen molar-refractivity contribution >= 4 is 5.69 Å². The van der Waals surface area contributed by atoms with Crippen molar-refractivity contribution in [2.75, 3.05) is 0 Å². The Labute approximate surface area is 117 Å². The number of hydrogen-bond donors (Lipinski definition) is 2. The van der Waals surface area contributed by atoms with E-state index in [1.54, 1.807) is 12.1 Å². The van der Waals surface area contributed by atoms with E-state index in [2.05, 4.69) is 5.32 Å². The van der Waals surface area contributed by atoms with Gasteiger partial charge in [-0.15, -0.1) is 0 Å². The fraction of sp³-hybridized carbons (Fsp3) is 0.200. The molecule has 0 spiro atoms. The zero-order chi connectivity index (χ0) is 14.4. The number of aliphatic hydroxyl groups excluding tert-OH is 1. The van der Waals surface area contributed by atoms with Crippen molar-refractivity contribution < 1.29 is 10.0 Å². The van der Waals surface area contributed by atoms with Crippen molar-refractivity contribution in [1.82, 2.24) is 5.32 Å². The zero-order valence-corrected chi connectivity index (χ0v) is 11.0. The van der Waals surface area contributed by atoms with E-state index < -0.39 is 4.92 Å². The van der Waals surface area contributed by atoms with Gasteiger partial charge in [0.25, 0.3) is 5.69 Å². The number of rotatable bonds is 6. The van der Waals surface area contributed by atoms with Crippen LogP contribution in [0.4, 0.5) is 5.69 Å². The van der Waals surface area contributed by atoms with Crippen molar-refractivity contribution in [3.8, 4) is 0 Å². The van der Waals surface area contributed by atoms with Crippen molar-refractivity contribution in [1.29, 1.82) is 0 Å². The molecule has 5 nitrogen and oxygen atoms in total. The Balaban J connectivity index is 1.91. The third kappa shape index (κ3) is 3.63. The second kappa shape index (κ2) is 6.79. The summed E-state index contributed by atoms with van der Waals surface area (Å²) < 4.78 is 0. The van der Waals surface area contributed by atoms with E-state index in [-0.39, 0.29) is 12.3 Å². The highest BCUT2D eigenvalue weighted by molar-refractivity contribution is 5.33. The van der Waals surface area contributed by atoms with Gasteiger partial charge in [0.15, 0.2) is 0 Å². The fourth-order valence-electron chi connectivity index (χ4n) is 1.96. The first kappa shape index (κ1) is 14.2. The van der Waals surface area contributed by atoms with Gasteiger partial charge < -0.3 is 10.4 Å². The van der Waals surface area contributed by atoms with E-state index in [1.165, 1.54) is 12.1 Å². The molecule has 0 saturated carbocycles. The lowest BCUT2D eigenvalue weighted by Gasteiger charge is -2.08. The largest absolute Gasteiger partial charge is 0.392 e. The summed E-state index contributed by atoms with van der Waals surface area (Å²) in [7, 11) is 0. The van der Waals surface area contributed by atoms with Crippen LogP contribution in [0, 0.1) is 10.1 Å². The lowest BCUT2D eigenvalue weighted by molar-refractivity contribution is -0.384. The molecule has 0 amide bonds. The highest BCUT2D eigenvalue weighted by Crippen LogP contribution is 2.12. The van der Waals surface area contributed by atoms with E-state index in [0.29, 0.717) is 13.1 Å². The first-order valence-electron chi connectivity index (χ1n) is 6.32. The number of hydrogen-bond acceptors (Lipinski definition) is 4. The van der Waals surface area contributed by atoms with Crippen molar-refractivity contribution in [3.63, 3.8) is 0 Å². The summed E-state index contributed by atoms with van der Waals surface area (Å²) in [6.07, 6.45) is 0. The molecule has 0 heterocycles. The van der Waals surface area contributed by atoms with Crippen molar-refractivity contribution in [3.05, 3.63) is 75.3 Å². The average molecular weight is 272 g/mol. The number of benzene rings is 2. The molecule has 104 valence electrons. The fourth-order valence-corrected chi connectivity index (χ4v) is 1.96. The van der Waals surface area contributed by atoms with Gasteiger partial charge >= 0.3 is 0 Å². The van der Waals surface area contributed by atoms with Crippen molar-refractivity contribution in [2.24, 2.45) is 0 Å². The third-order valence-electron chi connectivity index (χ3n) is 3.08. The van der Waals surface area contributed by atoms with Crippen LogP contribution >= 0.6 is 0 Å². The van der Waals surface area contributed by atoms with E-state index >= 15 is 0 Å². The molecule has 0 fully saturated rings. The van der Waals surface area contributed by atoms with Crippen LogP contribution in [-0.2, 0) is 19.7 Å². The maximum Gasteiger partial charge on any atom is 0.269 e. The van der Waals surface area contributed by atoms with Crippen LogP contribution < -0.4 is 5.32 Å². The van der Waals surface area contributed by atoms with Crippen LogP contribution in [-0.4, -0.2) is 10.0 Å². The maximum atomic E-state index is 10.5. The predicted molar refractivity (Wildman–Crippen MR) is 76.0 cm³/mol. The van der Waals surface area contributed by atoms with Gasteiger partial charge in [-0.2, -0.15) is 0 Å². The molecule has 2 aromatic rings. The summed E-state index contributed by atoms with van der Waals surface area (Å²) in [6.45, 7) is 1.29. The van der Waals surface area contributed by atoms with Gasteiger partial charge in [-0.1, -0.05) is 36.4 Å². The second-order valence-electron chi connectivity index (χ2n) is 4.45. The summed E-state index contributed by atoms with van der Waals surface area (Å²) in [5, 5.41) is 23.0. The summed E-state index contributed by atoms with van der Waals surface area (Å²) in [5.41, 5.74) is 3.04. The van der Waals surface area contributed by atoms with Crippen molar-refractivity contribution in [2.45, 2.75) is 19.7 Å². The molecule has 0 aliphatic heterocycles. The molecule has 20 heavy (non-hydrogen) atoms. The van der Waals surface area contributed by atoms with Gasteiger partial charge in [0.1, 0.15) is 0 Å². The minimum atomic E-state index is -0.408. The van der Waals surface area contributed by atoms with Crippen LogP contribution in [0.3, 0.4) is 0 Å². The first-order valence-corrected chi connectivity index (χ1v) is 6.32. The molecule has 0 aliphatic rings. The number of aliphatic hydroxyl groups is 1. The Bertz CT molecular complexity index is 582. The summed E-state index contributed by atoms with van der Waals surface area (Å²) in [5.74, 6) is 0. The number of non-ortho nitro benzene ring substituents is 1. The van der Waals surface area contributed by atoms with E-state index in [4.69, 9.17) is 0 Å². The van der Waals surface area contributed by atoms with Gasteiger partial charge in [0.05, 0.1) is 11.5 Å². The molecule has 5 heteroatoms. The van der Waals surface area contributed by atoms with Gasteiger partial charge in [-0.25, -0.2) is 0 Å². The third-order valence-corrected chi connectivity index (χ3v) is 3.08. The number of nitro groups is 1. The first-order chi connectivity index (χ1) is 9.70. The minimum Gasteiger partial charge on any atom is -0.392 e. The lowest BCUT2D eigenvalue weighted by Crippen LogP contribution is -2.14. The SMILES string of the molecule is O=[N+]([O-])c1ccc(CNCc2ccccc2CO)cc1. The minimum absolute atomic E-state index is 0.0232. The van der Waals surface area contributed by atoms with Gasteiger partial charge in [0, 0.05) is 25.2 Å². The molecule has 0 aromatic heterocycles. The summed E-state index contributed by atoms with van der Waals surface area (Å²) in [4.78, 5) is 10.1. The molecule has 0 unspecified atom stereocenters. The molecule has 0 bridgehead atoms. The molecule has 2 aromatic carbocycles. The monoisotopic (exact) mass is 272 g/mol. The summed E-state index contributed by atoms with van der Waals surface area (Å²) >= 11 is 0. The Morgan fingerprint density at radius 2 is 1.65 bits per heavy atom. The molecule has 0 saturated heterocycles. The standard InChI is InChI=1S/C15H16N2O3/c18-11-14-4-2-1-3-13(14)10-16-9-12-5-7-15(8-6-12)17(19)20/h1-8,16,18H,9-11H2. The van der Waals surface area contributed by atoms with Crippen LogP contribution in [0.2, 0.25) is 0 Å². The normalized spacial score (nSPS) is 10.4. The zero-order valence-electron chi connectivity index (χ0n) is 11.0. The molecule has 0 aliphatic carbocycles.